The van der Waals surface area contributed by atoms with Gasteiger partial charge in [0.25, 0.3) is 0 Å². The van der Waals surface area contributed by atoms with Crippen LogP contribution < -0.4 is 0 Å². The van der Waals surface area contributed by atoms with Crippen molar-refractivity contribution in [3.8, 4) is 0 Å². The molecule has 56 valence electrons. The third-order valence-corrected chi connectivity index (χ3v) is 2.36. The maximum absolute atomic E-state index is 5.99. The molecule has 0 amide bonds. The lowest BCUT2D eigenvalue weighted by Crippen LogP contribution is -1.85. The van der Waals surface area contributed by atoms with Crippen molar-refractivity contribution in [3.63, 3.8) is 0 Å². The zero-order valence-electron chi connectivity index (χ0n) is 6.36. The van der Waals surface area contributed by atoms with Gasteiger partial charge >= 0.3 is 0 Å². The minimum absolute atomic E-state index is 1.03. The molecule has 0 fully saturated rings. The lowest BCUT2D eigenvalue weighted by Gasteiger charge is -2.05. The van der Waals surface area contributed by atoms with Crippen LogP contribution in [0.5, 0.6) is 0 Å². The van der Waals surface area contributed by atoms with E-state index in [0.717, 1.165) is 30.7 Å². The fourth-order valence-electron chi connectivity index (χ4n) is 1.09. The normalized spacial score (nSPS) is 20.6. The molecule has 0 saturated heterocycles. The van der Waals surface area contributed by atoms with E-state index in [9.17, 15) is 0 Å². The van der Waals surface area contributed by atoms with Gasteiger partial charge in [0.2, 0.25) is 0 Å². The number of halogens is 1. The van der Waals surface area contributed by atoms with Gasteiger partial charge in [0.15, 0.2) is 0 Å². The van der Waals surface area contributed by atoms with Crippen molar-refractivity contribution in [3.05, 3.63) is 22.8 Å². The average Bonchev–Trinajstić information content (AvgIpc) is 1.92. The summed E-state index contributed by atoms with van der Waals surface area (Å²) in [5, 5.41) is 1.07. The molecule has 0 atom stereocenters. The fraction of sp³-hybridized carbons (Fsp3) is 0.556. The topological polar surface area (TPSA) is 0 Å². The highest BCUT2D eigenvalue weighted by molar-refractivity contribution is 6.29. The summed E-state index contributed by atoms with van der Waals surface area (Å²) in [7, 11) is 0. The third-order valence-electron chi connectivity index (χ3n) is 1.85. The molecule has 0 aliphatic heterocycles. The second-order valence-electron chi connectivity index (χ2n) is 2.73. The fourth-order valence-corrected chi connectivity index (χ4v) is 1.30. The van der Waals surface area contributed by atoms with Gasteiger partial charge in [-0.3, -0.25) is 0 Å². The van der Waals surface area contributed by atoms with E-state index in [-0.39, 0.29) is 0 Å². The quantitative estimate of drug-likeness (QED) is 0.470. The van der Waals surface area contributed by atoms with E-state index in [1.54, 1.807) is 0 Å². The molecule has 1 rings (SSSR count). The number of hydrogen-bond acceptors (Lipinski definition) is 0. The lowest BCUT2D eigenvalue weighted by molar-refractivity contribution is 0.899. The van der Waals surface area contributed by atoms with E-state index in [1.807, 2.05) is 0 Å². The number of hydrogen-bond donors (Lipinski definition) is 0. The van der Waals surface area contributed by atoms with Crippen molar-refractivity contribution in [2.24, 2.45) is 0 Å². The SMILES string of the molecule is CC1=C(Cl)CCC=CCC1. The largest absolute Gasteiger partial charge is 0.0892 e. The lowest BCUT2D eigenvalue weighted by atomic mass is 10.1. The predicted molar refractivity (Wildman–Crippen MR) is 46.2 cm³/mol. The highest BCUT2D eigenvalue weighted by Gasteiger charge is 1.99. The average molecular weight is 157 g/mol. The van der Waals surface area contributed by atoms with Gasteiger partial charge in [0.1, 0.15) is 0 Å². The monoisotopic (exact) mass is 156 g/mol. The Morgan fingerprint density at radius 2 is 1.80 bits per heavy atom. The van der Waals surface area contributed by atoms with Crippen LogP contribution in [0.1, 0.15) is 32.6 Å². The van der Waals surface area contributed by atoms with Crippen LogP contribution >= 0.6 is 11.6 Å². The summed E-state index contributed by atoms with van der Waals surface area (Å²) in [6.45, 7) is 2.13. The van der Waals surface area contributed by atoms with E-state index in [0.29, 0.717) is 0 Å². The molecule has 0 bridgehead atoms. The first kappa shape index (κ1) is 7.87. The summed E-state index contributed by atoms with van der Waals surface area (Å²) < 4.78 is 0. The molecular formula is C9H13Cl. The molecule has 0 unspecified atom stereocenters. The molecular weight excluding hydrogens is 144 g/mol. The Labute approximate surface area is 67.6 Å². The Kier molecular flexibility index (Phi) is 3.01. The van der Waals surface area contributed by atoms with Gasteiger partial charge in [-0.05, 0) is 32.6 Å². The summed E-state index contributed by atoms with van der Waals surface area (Å²) in [4.78, 5) is 0. The molecule has 0 spiro atoms. The molecule has 0 aromatic heterocycles. The van der Waals surface area contributed by atoms with Crippen LogP contribution in [-0.4, -0.2) is 0 Å². The maximum Gasteiger partial charge on any atom is 0.0173 e. The Hall–Kier alpha value is -0.230. The molecule has 0 aromatic carbocycles. The molecule has 0 nitrogen and oxygen atoms in total. The van der Waals surface area contributed by atoms with Gasteiger partial charge in [0.05, 0.1) is 0 Å². The van der Waals surface area contributed by atoms with Crippen LogP contribution in [0, 0.1) is 0 Å². The van der Waals surface area contributed by atoms with Gasteiger partial charge in [-0.15, -0.1) is 0 Å². The Balaban J connectivity index is 2.57. The minimum Gasteiger partial charge on any atom is -0.0892 e. The zero-order chi connectivity index (χ0) is 7.40. The molecule has 0 radical (unpaired) electrons. The molecule has 10 heavy (non-hydrogen) atoms. The smallest absolute Gasteiger partial charge is 0.0173 e. The van der Waals surface area contributed by atoms with E-state index >= 15 is 0 Å². The van der Waals surface area contributed by atoms with E-state index in [1.165, 1.54) is 5.57 Å². The number of rotatable bonds is 0. The van der Waals surface area contributed by atoms with Gasteiger partial charge < -0.3 is 0 Å². The molecule has 0 aromatic rings. The molecule has 0 heterocycles. The van der Waals surface area contributed by atoms with Crippen LogP contribution in [0.4, 0.5) is 0 Å². The standard InChI is InChI=1S/C9H13Cl/c1-8-6-4-2-3-5-7-9(8)10/h2-3H,4-7H2,1H3. The van der Waals surface area contributed by atoms with Crippen LogP contribution in [0.3, 0.4) is 0 Å². The highest BCUT2D eigenvalue weighted by Crippen LogP contribution is 2.21. The molecule has 0 N–H and O–H groups in total. The molecule has 1 aliphatic carbocycles. The van der Waals surface area contributed by atoms with Gasteiger partial charge in [0, 0.05) is 5.03 Å². The van der Waals surface area contributed by atoms with Gasteiger partial charge in [-0.2, -0.15) is 0 Å². The summed E-state index contributed by atoms with van der Waals surface area (Å²) in [5.74, 6) is 0. The van der Waals surface area contributed by atoms with E-state index < -0.39 is 0 Å². The molecule has 1 aliphatic rings. The van der Waals surface area contributed by atoms with Crippen molar-refractivity contribution >= 4 is 11.6 Å². The van der Waals surface area contributed by atoms with Crippen molar-refractivity contribution in [1.29, 1.82) is 0 Å². The van der Waals surface area contributed by atoms with Crippen LogP contribution in [0.25, 0.3) is 0 Å². The van der Waals surface area contributed by atoms with Crippen LogP contribution in [0.2, 0.25) is 0 Å². The van der Waals surface area contributed by atoms with E-state index in [2.05, 4.69) is 19.1 Å². The maximum atomic E-state index is 5.99. The van der Waals surface area contributed by atoms with Crippen molar-refractivity contribution < 1.29 is 0 Å². The first-order chi connectivity index (χ1) is 4.80. The summed E-state index contributed by atoms with van der Waals surface area (Å²) in [6, 6.07) is 0. The Morgan fingerprint density at radius 1 is 1.20 bits per heavy atom. The van der Waals surface area contributed by atoms with E-state index in [4.69, 9.17) is 11.6 Å². The molecule has 1 heteroatoms. The van der Waals surface area contributed by atoms with Crippen molar-refractivity contribution in [2.75, 3.05) is 0 Å². The van der Waals surface area contributed by atoms with Crippen LogP contribution in [-0.2, 0) is 0 Å². The second kappa shape index (κ2) is 3.82. The predicted octanol–water partition coefficient (Wildman–Crippen LogP) is 3.63. The van der Waals surface area contributed by atoms with Crippen molar-refractivity contribution in [2.45, 2.75) is 32.6 Å². The van der Waals surface area contributed by atoms with Crippen molar-refractivity contribution in [1.82, 2.24) is 0 Å². The van der Waals surface area contributed by atoms with Crippen LogP contribution in [0.15, 0.2) is 22.8 Å². The second-order valence-corrected chi connectivity index (χ2v) is 3.19. The summed E-state index contributed by atoms with van der Waals surface area (Å²) in [5.41, 5.74) is 1.37. The zero-order valence-corrected chi connectivity index (χ0v) is 7.12. The van der Waals surface area contributed by atoms with Gasteiger partial charge in [-0.25, -0.2) is 0 Å². The Bertz CT molecular complexity index is 148. The molecule has 0 saturated carbocycles. The summed E-state index contributed by atoms with van der Waals surface area (Å²) in [6.07, 6.45) is 8.89. The third kappa shape index (κ3) is 2.18. The summed E-state index contributed by atoms with van der Waals surface area (Å²) >= 11 is 5.99. The Morgan fingerprint density at radius 3 is 2.50 bits per heavy atom. The first-order valence-electron chi connectivity index (χ1n) is 3.80. The first-order valence-corrected chi connectivity index (χ1v) is 4.17. The minimum atomic E-state index is 1.03. The highest BCUT2D eigenvalue weighted by atomic mass is 35.5. The number of allylic oxidation sites excluding steroid dienone is 4. The van der Waals surface area contributed by atoms with Gasteiger partial charge in [-0.1, -0.05) is 29.3 Å².